The summed E-state index contributed by atoms with van der Waals surface area (Å²) in [4.78, 5) is 23.1. The van der Waals surface area contributed by atoms with Crippen LogP contribution in [0.5, 0.6) is 0 Å². The van der Waals surface area contributed by atoms with Gasteiger partial charge in [0.25, 0.3) is 0 Å². The molecular weight excluding hydrogens is 270 g/mol. The first kappa shape index (κ1) is 16.7. The maximum atomic E-state index is 12.0. The van der Waals surface area contributed by atoms with Crippen molar-refractivity contribution in [2.45, 2.75) is 20.3 Å². The number of hydrogen-bond donors (Lipinski definition) is 3. The highest BCUT2D eigenvalue weighted by Crippen LogP contribution is 2.13. The molecule has 1 unspecified atom stereocenters. The number of carbonyl (C=O) groups excluding carboxylic acids is 2. The molecular formula is C15H20N3O3. The molecule has 0 spiro atoms. The molecule has 1 amide bonds. The van der Waals surface area contributed by atoms with Gasteiger partial charge in [-0.25, -0.2) is 0 Å². The van der Waals surface area contributed by atoms with E-state index in [0.717, 1.165) is 0 Å². The molecule has 0 aromatic heterocycles. The number of amidine groups is 1. The monoisotopic (exact) mass is 290 g/mol. The summed E-state index contributed by atoms with van der Waals surface area (Å²) in [7, 11) is 0. The Morgan fingerprint density at radius 3 is 2.52 bits per heavy atom. The Kier molecular flexibility index (Phi) is 6.39. The highest BCUT2D eigenvalue weighted by molar-refractivity contribution is 5.96. The molecule has 1 aromatic carbocycles. The van der Waals surface area contributed by atoms with E-state index in [9.17, 15) is 9.59 Å². The van der Waals surface area contributed by atoms with Crippen LogP contribution < -0.4 is 11.1 Å². The van der Waals surface area contributed by atoms with Crippen LogP contribution in [0.1, 0.15) is 25.8 Å². The summed E-state index contributed by atoms with van der Waals surface area (Å²) in [5, 5.41) is 10.0. The first-order valence-corrected chi connectivity index (χ1v) is 6.69. The largest absolute Gasteiger partial charge is 0.466 e. The minimum Gasteiger partial charge on any atom is -0.466 e. The molecule has 0 fully saturated rings. The average molecular weight is 290 g/mol. The molecule has 1 aromatic rings. The summed E-state index contributed by atoms with van der Waals surface area (Å²) >= 11 is 0. The number of hydrogen-bond acceptors (Lipinski definition) is 4. The molecule has 21 heavy (non-hydrogen) atoms. The molecule has 1 radical (unpaired) electrons. The van der Waals surface area contributed by atoms with Crippen LogP contribution in [0.3, 0.4) is 0 Å². The first-order valence-electron chi connectivity index (χ1n) is 6.69. The zero-order chi connectivity index (χ0) is 15.8. The summed E-state index contributed by atoms with van der Waals surface area (Å²) in [6.07, 6.45) is 1.68. The fourth-order valence-corrected chi connectivity index (χ4v) is 1.58. The van der Waals surface area contributed by atoms with E-state index in [1.807, 2.05) is 0 Å². The first-order chi connectivity index (χ1) is 9.93. The van der Waals surface area contributed by atoms with E-state index in [4.69, 9.17) is 15.9 Å². The number of ether oxygens (including phenoxy) is 1. The van der Waals surface area contributed by atoms with E-state index in [1.165, 1.54) is 6.42 Å². The molecule has 1 atom stereocenters. The molecule has 0 aliphatic heterocycles. The highest BCUT2D eigenvalue weighted by Gasteiger charge is 2.15. The van der Waals surface area contributed by atoms with E-state index >= 15 is 0 Å². The number of anilines is 1. The van der Waals surface area contributed by atoms with Crippen LogP contribution in [0.25, 0.3) is 0 Å². The van der Waals surface area contributed by atoms with Crippen molar-refractivity contribution in [1.82, 2.24) is 0 Å². The number of nitrogens with two attached hydrogens (primary N) is 1. The quantitative estimate of drug-likeness (QED) is 0.404. The Morgan fingerprint density at radius 1 is 1.38 bits per heavy atom. The molecule has 6 nitrogen and oxygen atoms in total. The molecule has 0 aliphatic carbocycles. The average Bonchev–Trinajstić information content (AvgIpc) is 2.45. The van der Waals surface area contributed by atoms with Crippen molar-refractivity contribution in [2.24, 2.45) is 11.7 Å². The predicted octanol–water partition coefficient (Wildman–Crippen LogP) is 1.70. The Morgan fingerprint density at radius 2 is 2.00 bits per heavy atom. The summed E-state index contributed by atoms with van der Waals surface area (Å²) in [6.45, 7) is 3.78. The van der Waals surface area contributed by atoms with Crippen molar-refractivity contribution in [2.75, 3.05) is 11.9 Å². The molecule has 0 aliphatic rings. The second-order valence-electron chi connectivity index (χ2n) is 4.57. The highest BCUT2D eigenvalue weighted by atomic mass is 16.5. The maximum absolute atomic E-state index is 12.0. The molecule has 113 valence electrons. The van der Waals surface area contributed by atoms with Crippen LogP contribution in [0.2, 0.25) is 0 Å². The Hall–Kier alpha value is -2.37. The second kappa shape index (κ2) is 8.04. The molecule has 0 bridgehead atoms. The maximum Gasteiger partial charge on any atom is 0.309 e. The normalized spacial score (nSPS) is 11.5. The van der Waals surface area contributed by atoms with Crippen LogP contribution in [0.4, 0.5) is 5.69 Å². The lowest BCUT2D eigenvalue weighted by molar-refractivity contribution is -0.139. The molecule has 0 saturated heterocycles. The fraction of sp³-hybridized carbons (Fsp3) is 0.333. The fourth-order valence-electron chi connectivity index (χ4n) is 1.58. The minimum atomic E-state index is -0.414. The van der Waals surface area contributed by atoms with Gasteiger partial charge in [-0.3, -0.25) is 15.0 Å². The van der Waals surface area contributed by atoms with Crippen molar-refractivity contribution in [3.63, 3.8) is 0 Å². The van der Waals surface area contributed by atoms with E-state index < -0.39 is 5.97 Å². The van der Waals surface area contributed by atoms with Crippen molar-refractivity contribution in [1.29, 1.82) is 5.41 Å². The van der Waals surface area contributed by atoms with Crippen LogP contribution in [-0.4, -0.2) is 24.3 Å². The molecule has 0 saturated carbocycles. The van der Waals surface area contributed by atoms with Crippen molar-refractivity contribution < 1.29 is 14.3 Å². The number of carbonyl (C=O) groups is 2. The van der Waals surface area contributed by atoms with Gasteiger partial charge in [0, 0.05) is 17.2 Å². The zero-order valence-corrected chi connectivity index (χ0v) is 12.2. The van der Waals surface area contributed by atoms with Crippen LogP contribution >= 0.6 is 0 Å². The van der Waals surface area contributed by atoms with Gasteiger partial charge in [0.1, 0.15) is 5.84 Å². The van der Waals surface area contributed by atoms with E-state index in [0.29, 0.717) is 24.3 Å². The van der Waals surface area contributed by atoms with Gasteiger partial charge in [-0.2, -0.15) is 0 Å². The lowest BCUT2D eigenvalue weighted by atomic mass is 10.0. The van der Waals surface area contributed by atoms with E-state index in [1.54, 1.807) is 38.1 Å². The Balaban J connectivity index is 2.48. The lowest BCUT2D eigenvalue weighted by Gasteiger charge is -2.12. The summed E-state index contributed by atoms with van der Waals surface area (Å²) < 4.78 is 4.77. The van der Waals surface area contributed by atoms with E-state index in [-0.39, 0.29) is 17.7 Å². The SMILES string of the molecule is CCOC(=O)[CH]CC(C)C(=O)Nc1ccc(C(=N)N)cc1. The van der Waals surface area contributed by atoms with E-state index in [2.05, 4.69) is 5.32 Å². The third-order valence-corrected chi connectivity index (χ3v) is 2.84. The number of rotatable bonds is 7. The molecule has 0 heterocycles. The number of benzene rings is 1. The smallest absolute Gasteiger partial charge is 0.309 e. The predicted molar refractivity (Wildman–Crippen MR) is 80.8 cm³/mol. The third-order valence-electron chi connectivity index (χ3n) is 2.84. The topological polar surface area (TPSA) is 105 Å². The molecule has 6 heteroatoms. The van der Waals surface area contributed by atoms with Crippen molar-refractivity contribution in [3.8, 4) is 0 Å². The number of nitrogens with one attached hydrogen (secondary N) is 2. The van der Waals surface area contributed by atoms with Crippen molar-refractivity contribution in [3.05, 3.63) is 36.2 Å². The summed E-state index contributed by atoms with van der Waals surface area (Å²) in [5.41, 5.74) is 6.57. The van der Waals surface area contributed by atoms with Gasteiger partial charge >= 0.3 is 5.97 Å². The van der Waals surface area contributed by atoms with Gasteiger partial charge in [-0.05, 0) is 37.6 Å². The second-order valence-corrected chi connectivity index (χ2v) is 4.57. The summed E-state index contributed by atoms with van der Waals surface area (Å²) in [6, 6.07) is 6.67. The van der Waals surface area contributed by atoms with Gasteiger partial charge in [-0.15, -0.1) is 0 Å². The third kappa shape index (κ3) is 5.64. The zero-order valence-electron chi connectivity index (χ0n) is 12.2. The number of esters is 1. The Bertz CT molecular complexity index is 511. The van der Waals surface area contributed by atoms with Crippen LogP contribution in [0.15, 0.2) is 24.3 Å². The van der Waals surface area contributed by atoms with Crippen LogP contribution in [-0.2, 0) is 14.3 Å². The standard InChI is InChI=1S/C15H20N3O3/c1-3-21-13(19)9-4-10(2)15(20)18-12-7-5-11(6-8-12)14(16)17/h5-10H,3-4H2,1-2H3,(H3,16,17)(H,18,20). The van der Waals surface area contributed by atoms with Gasteiger partial charge in [0.05, 0.1) is 13.0 Å². The minimum absolute atomic E-state index is 0.0229. The molecule has 1 rings (SSSR count). The van der Waals surface area contributed by atoms with Gasteiger partial charge in [-0.1, -0.05) is 6.92 Å². The van der Waals surface area contributed by atoms with Gasteiger partial charge in [0.2, 0.25) is 5.91 Å². The Labute approximate surface area is 124 Å². The summed E-state index contributed by atoms with van der Waals surface area (Å²) in [5.74, 6) is -0.971. The van der Waals surface area contributed by atoms with Crippen LogP contribution in [0, 0.1) is 17.7 Å². The number of amides is 1. The number of nitrogen functional groups attached to an aromatic ring is 1. The lowest BCUT2D eigenvalue weighted by Crippen LogP contribution is -2.22. The van der Waals surface area contributed by atoms with Gasteiger partial charge in [0.15, 0.2) is 0 Å². The van der Waals surface area contributed by atoms with Crippen molar-refractivity contribution >= 4 is 23.4 Å². The van der Waals surface area contributed by atoms with Gasteiger partial charge < -0.3 is 15.8 Å². The molecule has 4 N–H and O–H groups in total.